The molecule has 0 fully saturated rings. The number of carbonyl (C=O) groups is 1. The van der Waals surface area contributed by atoms with Crippen molar-refractivity contribution in [3.8, 4) is 0 Å². The molecule has 2 aromatic rings. The highest BCUT2D eigenvalue weighted by atomic mass is 16.1. The highest BCUT2D eigenvalue weighted by Crippen LogP contribution is 2.21. The maximum Gasteiger partial charge on any atom is 0.153 e. The second kappa shape index (κ2) is 6.83. The summed E-state index contributed by atoms with van der Waals surface area (Å²) in [6.07, 6.45) is 15.5. The number of carbonyl (C=O) groups excluding carboxylic acids is 1. The predicted molar refractivity (Wildman–Crippen MR) is 92.2 cm³/mol. The Labute approximate surface area is 135 Å². The minimum atomic E-state index is 0.387. The fourth-order valence-electron chi connectivity index (χ4n) is 2.59. The number of allylic oxidation sites excluding steroid dienone is 3. The van der Waals surface area contributed by atoms with Crippen LogP contribution >= 0.6 is 0 Å². The summed E-state index contributed by atoms with van der Waals surface area (Å²) in [7, 11) is 0. The fourth-order valence-corrected chi connectivity index (χ4v) is 2.59. The molecule has 114 valence electrons. The van der Waals surface area contributed by atoms with E-state index in [1.54, 1.807) is 6.20 Å². The van der Waals surface area contributed by atoms with Crippen molar-refractivity contribution in [3.05, 3.63) is 77.0 Å². The first-order valence-corrected chi connectivity index (χ1v) is 7.45. The zero-order valence-electron chi connectivity index (χ0n) is 12.6. The number of fused-ring (bicyclic) bond motifs is 1. The molecule has 4 nitrogen and oxygen atoms in total. The van der Waals surface area contributed by atoms with E-state index in [1.807, 2.05) is 18.3 Å². The van der Waals surface area contributed by atoms with Crippen LogP contribution in [0.5, 0.6) is 0 Å². The zero-order valence-corrected chi connectivity index (χ0v) is 12.6. The predicted octanol–water partition coefficient (Wildman–Crippen LogP) is 3.00. The highest BCUT2D eigenvalue weighted by Gasteiger charge is 2.10. The maximum atomic E-state index is 11.2. The maximum absolute atomic E-state index is 11.2. The molecule has 2 aromatic heterocycles. The second-order valence-electron chi connectivity index (χ2n) is 5.27. The normalized spacial score (nSPS) is 13.5. The van der Waals surface area contributed by atoms with E-state index >= 15 is 0 Å². The van der Waals surface area contributed by atoms with Gasteiger partial charge in [-0.3, -0.25) is 14.8 Å². The van der Waals surface area contributed by atoms with Crippen molar-refractivity contribution < 1.29 is 4.79 Å². The number of rotatable bonds is 4. The van der Waals surface area contributed by atoms with E-state index in [0.717, 1.165) is 35.1 Å². The Bertz CT molecular complexity index is 819. The molecule has 0 amide bonds. The molecule has 1 aliphatic carbocycles. The Morgan fingerprint density at radius 2 is 2.04 bits per heavy atom. The van der Waals surface area contributed by atoms with Gasteiger partial charge in [0.25, 0.3) is 0 Å². The van der Waals surface area contributed by atoms with Crippen LogP contribution in [0.2, 0.25) is 0 Å². The number of pyridine rings is 2. The molecule has 0 saturated carbocycles. The van der Waals surface area contributed by atoms with E-state index in [9.17, 15) is 4.79 Å². The van der Waals surface area contributed by atoms with Gasteiger partial charge < -0.3 is 5.73 Å². The standard InChI is InChI=1S/C19H17N3O/c20-11-17(13-23)19-15(7-4-8-21-19)10-18-9-14-5-2-1-3-6-16(14)12-22-18/h2-9,11-13H,1,10,20H2/b17-11-. The zero-order chi connectivity index (χ0) is 16.1. The van der Waals surface area contributed by atoms with Crippen LogP contribution in [0, 0.1) is 0 Å². The van der Waals surface area contributed by atoms with Gasteiger partial charge in [0.15, 0.2) is 6.29 Å². The van der Waals surface area contributed by atoms with Crippen molar-refractivity contribution in [2.24, 2.45) is 5.73 Å². The van der Waals surface area contributed by atoms with E-state index in [2.05, 4.69) is 40.3 Å². The Hall–Kier alpha value is -3.01. The number of hydrogen-bond acceptors (Lipinski definition) is 4. The van der Waals surface area contributed by atoms with Gasteiger partial charge in [-0.2, -0.15) is 0 Å². The molecule has 0 aliphatic heterocycles. The third kappa shape index (κ3) is 3.26. The van der Waals surface area contributed by atoms with E-state index in [1.165, 1.54) is 6.20 Å². The van der Waals surface area contributed by atoms with Crippen LogP contribution in [0.15, 0.2) is 48.9 Å². The van der Waals surface area contributed by atoms with Crippen molar-refractivity contribution >= 4 is 24.0 Å². The van der Waals surface area contributed by atoms with Crippen molar-refractivity contribution in [2.75, 3.05) is 0 Å². The summed E-state index contributed by atoms with van der Waals surface area (Å²) in [5.74, 6) is 0. The van der Waals surface area contributed by atoms with Gasteiger partial charge in [-0.15, -0.1) is 0 Å². The smallest absolute Gasteiger partial charge is 0.153 e. The third-order valence-electron chi connectivity index (χ3n) is 3.73. The van der Waals surface area contributed by atoms with E-state index in [4.69, 9.17) is 5.73 Å². The third-order valence-corrected chi connectivity index (χ3v) is 3.73. The molecule has 0 aromatic carbocycles. The molecule has 23 heavy (non-hydrogen) atoms. The minimum Gasteiger partial charge on any atom is -0.404 e. The molecule has 0 bridgehead atoms. The van der Waals surface area contributed by atoms with Crippen LogP contribution in [0.25, 0.3) is 17.7 Å². The molecule has 0 radical (unpaired) electrons. The Kier molecular flexibility index (Phi) is 4.43. The van der Waals surface area contributed by atoms with Crippen LogP contribution in [-0.4, -0.2) is 16.3 Å². The summed E-state index contributed by atoms with van der Waals surface area (Å²) >= 11 is 0. The van der Waals surface area contributed by atoms with Crippen molar-refractivity contribution in [2.45, 2.75) is 12.8 Å². The lowest BCUT2D eigenvalue weighted by atomic mass is 10.0. The number of nitrogens with zero attached hydrogens (tertiary/aromatic N) is 2. The largest absolute Gasteiger partial charge is 0.404 e. The summed E-state index contributed by atoms with van der Waals surface area (Å²) in [6.45, 7) is 0. The van der Waals surface area contributed by atoms with Gasteiger partial charge in [0.05, 0.1) is 11.3 Å². The number of aromatic nitrogens is 2. The number of hydrogen-bond donors (Lipinski definition) is 1. The lowest BCUT2D eigenvalue weighted by molar-refractivity contribution is -0.103. The molecule has 2 N–H and O–H groups in total. The van der Waals surface area contributed by atoms with Crippen LogP contribution in [0.4, 0.5) is 0 Å². The summed E-state index contributed by atoms with van der Waals surface area (Å²) in [4.78, 5) is 20.0. The van der Waals surface area contributed by atoms with Crippen LogP contribution in [0.3, 0.4) is 0 Å². The first kappa shape index (κ1) is 14.9. The van der Waals surface area contributed by atoms with Gasteiger partial charge in [-0.05, 0) is 35.2 Å². The summed E-state index contributed by atoms with van der Waals surface area (Å²) in [5.41, 5.74) is 10.6. The second-order valence-corrected chi connectivity index (χ2v) is 5.27. The van der Waals surface area contributed by atoms with Gasteiger partial charge in [0.1, 0.15) is 0 Å². The van der Waals surface area contributed by atoms with Gasteiger partial charge in [0.2, 0.25) is 0 Å². The highest BCUT2D eigenvalue weighted by molar-refractivity contribution is 6.06. The monoisotopic (exact) mass is 303 g/mol. The summed E-state index contributed by atoms with van der Waals surface area (Å²) in [5, 5.41) is 0. The van der Waals surface area contributed by atoms with Crippen LogP contribution in [-0.2, 0) is 11.2 Å². The molecular weight excluding hydrogens is 286 g/mol. The van der Waals surface area contributed by atoms with E-state index < -0.39 is 0 Å². The van der Waals surface area contributed by atoms with E-state index in [0.29, 0.717) is 17.7 Å². The van der Waals surface area contributed by atoms with Gasteiger partial charge >= 0.3 is 0 Å². The molecular formula is C19H17N3O. The average Bonchev–Trinajstić information content (AvgIpc) is 2.82. The molecule has 3 rings (SSSR count). The molecule has 0 atom stereocenters. The SMILES string of the molecule is N/C=C(/C=O)c1ncccc1Cc1cc2c(cn1)C=CCC=C2. The Balaban J connectivity index is 1.96. The molecule has 0 spiro atoms. The van der Waals surface area contributed by atoms with Gasteiger partial charge in [-0.25, -0.2) is 0 Å². The van der Waals surface area contributed by atoms with E-state index in [-0.39, 0.29) is 0 Å². The summed E-state index contributed by atoms with van der Waals surface area (Å²) in [6, 6.07) is 5.87. The lowest BCUT2D eigenvalue weighted by Crippen LogP contribution is -2.02. The fraction of sp³-hybridized carbons (Fsp3) is 0.105. The molecule has 0 unspecified atom stereocenters. The van der Waals surface area contributed by atoms with Gasteiger partial charge in [0, 0.05) is 30.7 Å². The minimum absolute atomic E-state index is 0.387. The quantitative estimate of drug-likeness (QED) is 0.696. The van der Waals surface area contributed by atoms with Crippen LogP contribution in [0.1, 0.15) is 34.5 Å². The van der Waals surface area contributed by atoms with Crippen molar-refractivity contribution in [3.63, 3.8) is 0 Å². The molecule has 1 aliphatic rings. The Morgan fingerprint density at radius 1 is 1.22 bits per heavy atom. The lowest BCUT2D eigenvalue weighted by Gasteiger charge is -2.09. The van der Waals surface area contributed by atoms with Crippen molar-refractivity contribution in [1.29, 1.82) is 0 Å². The van der Waals surface area contributed by atoms with Crippen molar-refractivity contribution in [1.82, 2.24) is 9.97 Å². The first-order chi connectivity index (χ1) is 11.3. The topological polar surface area (TPSA) is 68.9 Å². The number of nitrogens with two attached hydrogens (primary N) is 1. The number of aldehydes is 1. The Morgan fingerprint density at radius 3 is 2.83 bits per heavy atom. The molecule has 4 heteroatoms. The average molecular weight is 303 g/mol. The molecule has 0 saturated heterocycles. The first-order valence-electron chi connectivity index (χ1n) is 7.45. The van der Waals surface area contributed by atoms with Crippen LogP contribution < -0.4 is 5.73 Å². The molecule has 2 heterocycles. The summed E-state index contributed by atoms with van der Waals surface area (Å²) < 4.78 is 0. The van der Waals surface area contributed by atoms with Gasteiger partial charge in [-0.1, -0.05) is 30.4 Å².